The summed E-state index contributed by atoms with van der Waals surface area (Å²) < 4.78 is 0. The predicted octanol–water partition coefficient (Wildman–Crippen LogP) is 1.18. The highest BCUT2D eigenvalue weighted by Gasteiger charge is 2.07. The summed E-state index contributed by atoms with van der Waals surface area (Å²) in [6.45, 7) is 6.57. The molecule has 0 saturated carbocycles. The first-order chi connectivity index (χ1) is 7.24. The maximum Gasteiger partial charge on any atom is 0.270 e. The fourth-order valence-electron chi connectivity index (χ4n) is 1.15. The quantitative estimate of drug-likeness (QED) is 0.718. The van der Waals surface area contributed by atoms with Crippen LogP contribution in [0.25, 0.3) is 0 Å². The Labute approximate surface area is 94.1 Å². The first-order valence-electron chi connectivity index (χ1n) is 5.15. The Hall–Kier alpha value is -0.940. The molecule has 15 heavy (non-hydrogen) atoms. The van der Waals surface area contributed by atoms with Crippen molar-refractivity contribution in [3.8, 4) is 0 Å². The van der Waals surface area contributed by atoms with Gasteiger partial charge in [0.2, 0.25) is 0 Å². The minimum atomic E-state index is -0.0733. The van der Waals surface area contributed by atoms with Crippen LogP contribution in [0.15, 0.2) is 5.38 Å². The normalized spacial score (nSPS) is 10.3. The van der Waals surface area contributed by atoms with Crippen molar-refractivity contribution in [2.24, 2.45) is 0 Å². The molecule has 0 atom stereocenters. The number of amides is 1. The molecule has 0 spiro atoms. The number of thiazole rings is 1. The van der Waals surface area contributed by atoms with Crippen LogP contribution >= 0.6 is 11.3 Å². The number of nitrogens with one attached hydrogen (secondary N) is 2. The maximum absolute atomic E-state index is 11.5. The van der Waals surface area contributed by atoms with Crippen molar-refractivity contribution in [3.63, 3.8) is 0 Å². The Balaban J connectivity index is 2.19. The largest absolute Gasteiger partial charge is 0.351 e. The van der Waals surface area contributed by atoms with Gasteiger partial charge in [0.25, 0.3) is 5.91 Å². The van der Waals surface area contributed by atoms with E-state index in [0.717, 1.165) is 24.5 Å². The molecule has 0 aliphatic carbocycles. The maximum atomic E-state index is 11.5. The summed E-state index contributed by atoms with van der Waals surface area (Å²) in [7, 11) is 0. The van der Waals surface area contributed by atoms with E-state index in [0.29, 0.717) is 12.2 Å². The lowest BCUT2D eigenvalue weighted by atomic mass is 10.4. The minimum Gasteiger partial charge on any atom is -0.351 e. The molecule has 0 saturated heterocycles. The number of hydrogen-bond acceptors (Lipinski definition) is 4. The number of carbonyl (C=O) groups excluding carboxylic acids is 1. The molecule has 1 heterocycles. The van der Waals surface area contributed by atoms with E-state index in [-0.39, 0.29) is 5.91 Å². The summed E-state index contributed by atoms with van der Waals surface area (Å²) >= 11 is 1.50. The van der Waals surface area contributed by atoms with Gasteiger partial charge in [-0.25, -0.2) is 4.98 Å². The number of nitrogens with zero attached hydrogens (tertiary/aromatic N) is 1. The van der Waals surface area contributed by atoms with Crippen LogP contribution in [-0.2, 0) is 0 Å². The highest BCUT2D eigenvalue weighted by atomic mass is 32.1. The molecule has 1 aromatic heterocycles. The third kappa shape index (κ3) is 4.40. The molecule has 0 fully saturated rings. The molecule has 1 rings (SSSR count). The van der Waals surface area contributed by atoms with Gasteiger partial charge in [0.05, 0.1) is 5.01 Å². The fraction of sp³-hybridized carbons (Fsp3) is 0.600. The Kier molecular flexibility index (Phi) is 5.28. The molecule has 4 nitrogen and oxygen atoms in total. The lowest BCUT2D eigenvalue weighted by molar-refractivity contribution is 0.0949. The van der Waals surface area contributed by atoms with Gasteiger partial charge in [-0.1, -0.05) is 6.92 Å². The van der Waals surface area contributed by atoms with E-state index in [1.165, 1.54) is 11.3 Å². The number of carbonyl (C=O) groups is 1. The molecular formula is C10H17N3OS. The first kappa shape index (κ1) is 12.1. The van der Waals surface area contributed by atoms with E-state index in [1.807, 2.05) is 6.92 Å². The van der Waals surface area contributed by atoms with E-state index >= 15 is 0 Å². The lowest BCUT2D eigenvalue weighted by Crippen LogP contribution is -2.27. The average molecular weight is 227 g/mol. The fourth-order valence-corrected chi connectivity index (χ4v) is 1.74. The molecule has 1 aromatic rings. The van der Waals surface area contributed by atoms with Crippen LogP contribution in [0.5, 0.6) is 0 Å². The van der Waals surface area contributed by atoms with E-state index in [4.69, 9.17) is 0 Å². The van der Waals surface area contributed by atoms with Crippen molar-refractivity contribution in [3.05, 3.63) is 16.1 Å². The van der Waals surface area contributed by atoms with Gasteiger partial charge in [-0.05, 0) is 26.4 Å². The van der Waals surface area contributed by atoms with Crippen molar-refractivity contribution >= 4 is 17.2 Å². The van der Waals surface area contributed by atoms with Crippen molar-refractivity contribution in [1.29, 1.82) is 0 Å². The number of rotatable bonds is 6. The molecule has 2 N–H and O–H groups in total. The molecule has 0 unspecified atom stereocenters. The van der Waals surface area contributed by atoms with Crippen LogP contribution in [0.2, 0.25) is 0 Å². The highest BCUT2D eigenvalue weighted by Crippen LogP contribution is 2.07. The minimum absolute atomic E-state index is 0.0733. The van der Waals surface area contributed by atoms with Crippen LogP contribution in [0, 0.1) is 6.92 Å². The zero-order valence-corrected chi connectivity index (χ0v) is 9.99. The van der Waals surface area contributed by atoms with E-state index in [2.05, 4.69) is 22.5 Å². The SMILES string of the molecule is CCNCCCNC(=O)c1csc(C)n1. The average Bonchev–Trinajstić information content (AvgIpc) is 2.64. The monoisotopic (exact) mass is 227 g/mol. The number of aromatic nitrogens is 1. The number of hydrogen-bond donors (Lipinski definition) is 2. The summed E-state index contributed by atoms with van der Waals surface area (Å²) in [6, 6.07) is 0. The first-order valence-corrected chi connectivity index (χ1v) is 6.03. The number of aryl methyl sites for hydroxylation is 1. The molecule has 0 aliphatic heterocycles. The van der Waals surface area contributed by atoms with Gasteiger partial charge in [0, 0.05) is 11.9 Å². The summed E-state index contributed by atoms with van der Waals surface area (Å²) in [6.07, 6.45) is 0.947. The molecule has 1 amide bonds. The zero-order valence-electron chi connectivity index (χ0n) is 9.17. The molecule has 0 aliphatic rings. The van der Waals surface area contributed by atoms with Crippen LogP contribution in [0.3, 0.4) is 0 Å². The van der Waals surface area contributed by atoms with E-state index in [1.54, 1.807) is 5.38 Å². The molecule has 0 bridgehead atoms. The van der Waals surface area contributed by atoms with Crippen molar-refractivity contribution in [2.75, 3.05) is 19.6 Å². The topological polar surface area (TPSA) is 54.0 Å². The standard InChI is InChI=1S/C10H17N3OS/c1-3-11-5-4-6-12-10(14)9-7-15-8(2)13-9/h7,11H,3-6H2,1-2H3,(H,12,14). The second-order valence-electron chi connectivity index (χ2n) is 3.21. The summed E-state index contributed by atoms with van der Waals surface area (Å²) in [5.74, 6) is -0.0733. The van der Waals surface area contributed by atoms with Crippen LogP contribution in [0.1, 0.15) is 28.8 Å². The highest BCUT2D eigenvalue weighted by molar-refractivity contribution is 7.09. The van der Waals surface area contributed by atoms with Gasteiger partial charge < -0.3 is 10.6 Å². The third-order valence-electron chi connectivity index (χ3n) is 1.92. The molecule has 0 radical (unpaired) electrons. The third-order valence-corrected chi connectivity index (χ3v) is 2.69. The summed E-state index contributed by atoms with van der Waals surface area (Å²) in [5, 5.41) is 8.75. The van der Waals surface area contributed by atoms with Gasteiger partial charge in [-0.2, -0.15) is 0 Å². The van der Waals surface area contributed by atoms with Gasteiger partial charge >= 0.3 is 0 Å². The Morgan fingerprint density at radius 2 is 2.33 bits per heavy atom. The molecule has 5 heteroatoms. The van der Waals surface area contributed by atoms with E-state index < -0.39 is 0 Å². The lowest BCUT2D eigenvalue weighted by Gasteiger charge is -2.03. The Morgan fingerprint density at radius 1 is 1.53 bits per heavy atom. The van der Waals surface area contributed by atoms with Gasteiger partial charge in [0.1, 0.15) is 5.69 Å². The Morgan fingerprint density at radius 3 is 2.93 bits per heavy atom. The van der Waals surface area contributed by atoms with Gasteiger partial charge in [0.15, 0.2) is 0 Å². The van der Waals surface area contributed by atoms with Gasteiger partial charge in [-0.15, -0.1) is 11.3 Å². The van der Waals surface area contributed by atoms with Crippen LogP contribution in [-0.4, -0.2) is 30.5 Å². The molecule has 84 valence electrons. The van der Waals surface area contributed by atoms with Crippen molar-refractivity contribution in [2.45, 2.75) is 20.3 Å². The van der Waals surface area contributed by atoms with Crippen LogP contribution in [0.4, 0.5) is 0 Å². The van der Waals surface area contributed by atoms with Crippen molar-refractivity contribution < 1.29 is 4.79 Å². The van der Waals surface area contributed by atoms with Crippen molar-refractivity contribution in [1.82, 2.24) is 15.6 Å². The van der Waals surface area contributed by atoms with E-state index in [9.17, 15) is 4.79 Å². The second-order valence-corrected chi connectivity index (χ2v) is 4.28. The van der Waals surface area contributed by atoms with Gasteiger partial charge in [-0.3, -0.25) is 4.79 Å². The second kappa shape index (κ2) is 6.53. The van der Waals surface area contributed by atoms with Crippen LogP contribution < -0.4 is 10.6 Å². The summed E-state index contributed by atoms with van der Waals surface area (Å²) in [5.41, 5.74) is 0.529. The predicted molar refractivity (Wildman–Crippen MR) is 62.3 cm³/mol. The zero-order chi connectivity index (χ0) is 11.1. The Bertz CT molecular complexity index is 311. The summed E-state index contributed by atoms with van der Waals surface area (Å²) in [4.78, 5) is 15.6. The molecule has 0 aromatic carbocycles. The molecular weight excluding hydrogens is 210 g/mol. The smallest absolute Gasteiger partial charge is 0.270 e.